The van der Waals surface area contributed by atoms with E-state index in [9.17, 15) is 14.5 Å². The molecule has 0 fully saturated rings. The molecule has 0 bridgehead atoms. The lowest BCUT2D eigenvalue weighted by atomic mass is 10.2. The zero-order valence-electron chi connectivity index (χ0n) is 10.7. The first-order chi connectivity index (χ1) is 10.1. The van der Waals surface area contributed by atoms with Crippen molar-refractivity contribution in [2.24, 2.45) is 0 Å². The summed E-state index contributed by atoms with van der Waals surface area (Å²) in [7, 11) is 0. The summed E-state index contributed by atoms with van der Waals surface area (Å²) in [5, 5.41) is 18.0. The van der Waals surface area contributed by atoms with Crippen molar-refractivity contribution in [2.45, 2.75) is 6.61 Å². The van der Waals surface area contributed by atoms with E-state index < -0.39 is 4.92 Å². The summed E-state index contributed by atoms with van der Waals surface area (Å²) < 4.78 is 18.3. The molecule has 3 rings (SSSR count). The van der Waals surface area contributed by atoms with Gasteiger partial charge in [0.1, 0.15) is 12.4 Å². The van der Waals surface area contributed by atoms with E-state index >= 15 is 0 Å². The van der Waals surface area contributed by atoms with Gasteiger partial charge in [-0.1, -0.05) is 12.1 Å². The first kappa shape index (κ1) is 13.0. The van der Waals surface area contributed by atoms with E-state index in [-0.39, 0.29) is 24.0 Å². The minimum atomic E-state index is -0.476. The Labute approximate surface area is 118 Å². The lowest BCUT2D eigenvalue weighted by molar-refractivity contribution is -0.384. The molecular formula is C14H10FN3O3. The molecule has 1 aromatic heterocycles. The number of nitrogens with zero attached hydrogens (tertiary/aromatic N) is 2. The van der Waals surface area contributed by atoms with Gasteiger partial charge in [-0.3, -0.25) is 15.2 Å². The van der Waals surface area contributed by atoms with Gasteiger partial charge in [-0.15, -0.1) is 5.10 Å². The lowest BCUT2D eigenvalue weighted by Gasteiger charge is -2.03. The number of nitro benzene ring substituents is 1. The van der Waals surface area contributed by atoms with Gasteiger partial charge in [0.05, 0.1) is 15.8 Å². The molecule has 1 N–H and O–H groups in total. The van der Waals surface area contributed by atoms with Crippen molar-refractivity contribution >= 4 is 16.6 Å². The molecule has 21 heavy (non-hydrogen) atoms. The molecule has 0 saturated heterocycles. The number of rotatable bonds is 4. The maximum absolute atomic E-state index is 12.8. The summed E-state index contributed by atoms with van der Waals surface area (Å²) >= 11 is 0. The highest BCUT2D eigenvalue weighted by molar-refractivity contribution is 5.86. The highest BCUT2D eigenvalue weighted by Gasteiger charge is 2.12. The van der Waals surface area contributed by atoms with E-state index in [4.69, 9.17) is 4.74 Å². The van der Waals surface area contributed by atoms with Crippen molar-refractivity contribution in [1.29, 1.82) is 0 Å². The molecule has 0 saturated carbocycles. The minimum absolute atomic E-state index is 0.0319. The van der Waals surface area contributed by atoms with Gasteiger partial charge in [0, 0.05) is 12.1 Å². The first-order valence-corrected chi connectivity index (χ1v) is 6.13. The molecule has 3 aromatic rings. The largest absolute Gasteiger partial charge is 0.471 e. The molecule has 0 aliphatic carbocycles. The fraction of sp³-hybridized carbons (Fsp3) is 0.0714. The van der Waals surface area contributed by atoms with Crippen molar-refractivity contribution in [3.8, 4) is 5.88 Å². The van der Waals surface area contributed by atoms with Crippen LogP contribution in [0, 0.1) is 15.9 Å². The van der Waals surface area contributed by atoms with Gasteiger partial charge in [-0.05, 0) is 23.8 Å². The van der Waals surface area contributed by atoms with Gasteiger partial charge < -0.3 is 4.74 Å². The Morgan fingerprint density at radius 3 is 2.71 bits per heavy atom. The summed E-state index contributed by atoms with van der Waals surface area (Å²) in [5.41, 5.74) is 1.39. The first-order valence-electron chi connectivity index (χ1n) is 6.13. The molecule has 7 heteroatoms. The fourth-order valence-corrected chi connectivity index (χ4v) is 1.93. The average molecular weight is 287 g/mol. The number of aromatic nitrogens is 2. The van der Waals surface area contributed by atoms with Crippen molar-refractivity contribution < 1.29 is 14.1 Å². The standard InChI is InChI=1S/C14H10FN3O3/c15-10-3-1-9(2-4-10)8-21-14-12-7-11(18(19)20)5-6-13(12)16-17-14/h1-7H,8H2,(H,16,17). The van der Waals surface area contributed by atoms with Crippen LogP contribution in [0.15, 0.2) is 42.5 Å². The molecule has 0 amide bonds. The number of non-ortho nitro benzene ring substituents is 1. The van der Waals surface area contributed by atoms with Crippen LogP contribution in [-0.4, -0.2) is 15.1 Å². The zero-order valence-corrected chi connectivity index (χ0v) is 10.7. The average Bonchev–Trinajstić information content (AvgIpc) is 2.89. The predicted octanol–water partition coefficient (Wildman–Crippen LogP) is 3.19. The Hall–Kier alpha value is -2.96. The molecule has 6 nitrogen and oxygen atoms in total. The van der Waals surface area contributed by atoms with E-state index in [1.54, 1.807) is 18.2 Å². The van der Waals surface area contributed by atoms with Gasteiger partial charge in [0.25, 0.3) is 5.69 Å². The van der Waals surface area contributed by atoms with E-state index in [1.165, 1.54) is 24.3 Å². The number of H-pyrrole nitrogens is 1. The Balaban J connectivity index is 1.84. The molecule has 106 valence electrons. The highest BCUT2D eigenvalue weighted by atomic mass is 19.1. The monoisotopic (exact) mass is 287 g/mol. The number of hydrogen-bond acceptors (Lipinski definition) is 4. The van der Waals surface area contributed by atoms with Crippen LogP contribution in [-0.2, 0) is 6.61 Å². The van der Waals surface area contributed by atoms with E-state index in [0.29, 0.717) is 10.9 Å². The lowest BCUT2D eigenvalue weighted by Crippen LogP contribution is -1.96. The van der Waals surface area contributed by atoms with Gasteiger partial charge >= 0.3 is 0 Å². The molecule has 0 aliphatic rings. The van der Waals surface area contributed by atoms with Crippen molar-refractivity contribution in [3.63, 3.8) is 0 Å². The molecular weight excluding hydrogens is 277 g/mol. The number of aromatic amines is 1. The Morgan fingerprint density at radius 1 is 1.24 bits per heavy atom. The van der Waals surface area contributed by atoms with E-state index in [1.807, 2.05) is 0 Å². The maximum atomic E-state index is 12.8. The minimum Gasteiger partial charge on any atom is -0.471 e. The summed E-state index contributed by atoms with van der Waals surface area (Å²) in [6, 6.07) is 10.3. The summed E-state index contributed by atoms with van der Waals surface area (Å²) in [6.45, 7) is 0.197. The van der Waals surface area contributed by atoms with E-state index in [0.717, 1.165) is 5.56 Å². The summed E-state index contributed by atoms with van der Waals surface area (Å²) in [6.07, 6.45) is 0. The molecule has 0 atom stereocenters. The Kier molecular flexibility index (Phi) is 3.23. The Bertz CT molecular complexity index is 799. The van der Waals surface area contributed by atoms with Crippen molar-refractivity contribution in [1.82, 2.24) is 10.2 Å². The van der Waals surface area contributed by atoms with Crippen LogP contribution >= 0.6 is 0 Å². The fourth-order valence-electron chi connectivity index (χ4n) is 1.93. The van der Waals surface area contributed by atoms with Gasteiger partial charge in [0.2, 0.25) is 5.88 Å². The number of nitro groups is 1. The van der Waals surface area contributed by atoms with E-state index in [2.05, 4.69) is 10.2 Å². The second-order valence-electron chi connectivity index (χ2n) is 4.43. The van der Waals surface area contributed by atoms with Gasteiger partial charge in [-0.2, -0.15) is 0 Å². The SMILES string of the molecule is O=[N+]([O-])c1ccc2[nH]nc(OCc3ccc(F)cc3)c2c1. The van der Waals surface area contributed by atoms with Crippen LogP contribution in [0.5, 0.6) is 5.88 Å². The topological polar surface area (TPSA) is 81.0 Å². The third-order valence-electron chi connectivity index (χ3n) is 3.01. The summed E-state index contributed by atoms with van der Waals surface area (Å²) in [4.78, 5) is 10.3. The second-order valence-corrected chi connectivity index (χ2v) is 4.43. The number of hydrogen-bond donors (Lipinski definition) is 1. The van der Waals surface area contributed by atoms with Crippen LogP contribution in [0.1, 0.15) is 5.56 Å². The third-order valence-corrected chi connectivity index (χ3v) is 3.01. The normalized spacial score (nSPS) is 10.7. The maximum Gasteiger partial charge on any atom is 0.270 e. The van der Waals surface area contributed by atoms with Crippen molar-refractivity contribution in [3.05, 3.63) is 64.0 Å². The van der Waals surface area contributed by atoms with Crippen LogP contribution in [0.2, 0.25) is 0 Å². The number of ether oxygens (including phenoxy) is 1. The Morgan fingerprint density at radius 2 is 2.00 bits per heavy atom. The smallest absolute Gasteiger partial charge is 0.270 e. The second kappa shape index (κ2) is 5.20. The third kappa shape index (κ3) is 2.66. The van der Waals surface area contributed by atoms with Crippen LogP contribution in [0.4, 0.5) is 10.1 Å². The highest BCUT2D eigenvalue weighted by Crippen LogP contribution is 2.27. The molecule has 0 spiro atoms. The number of benzene rings is 2. The molecule has 2 aromatic carbocycles. The number of halogens is 1. The van der Waals surface area contributed by atoms with Crippen LogP contribution in [0.25, 0.3) is 10.9 Å². The van der Waals surface area contributed by atoms with Crippen LogP contribution < -0.4 is 4.74 Å². The quantitative estimate of drug-likeness (QED) is 0.590. The van der Waals surface area contributed by atoms with Crippen LogP contribution in [0.3, 0.4) is 0 Å². The number of fused-ring (bicyclic) bond motifs is 1. The van der Waals surface area contributed by atoms with Crippen molar-refractivity contribution in [2.75, 3.05) is 0 Å². The summed E-state index contributed by atoms with van der Waals surface area (Å²) in [5.74, 6) is -0.0439. The molecule has 1 heterocycles. The molecule has 0 aliphatic heterocycles. The zero-order chi connectivity index (χ0) is 14.8. The number of nitrogens with one attached hydrogen (secondary N) is 1. The van der Waals surface area contributed by atoms with Gasteiger partial charge in [-0.25, -0.2) is 4.39 Å². The predicted molar refractivity (Wildman–Crippen MR) is 73.5 cm³/mol. The molecule has 0 unspecified atom stereocenters. The van der Waals surface area contributed by atoms with Gasteiger partial charge in [0.15, 0.2) is 0 Å². The molecule has 0 radical (unpaired) electrons.